The van der Waals surface area contributed by atoms with Gasteiger partial charge in [-0.2, -0.15) is 0 Å². The van der Waals surface area contributed by atoms with Gasteiger partial charge >= 0.3 is 5.97 Å². The van der Waals surface area contributed by atoms with E-state index >= 15 is 0 Å². The smallest absolute Gasteiger partial charge is 0.394 e. The standard InChI is InChI=1S/C7H13NO3/c1-11-7(10)6(9)8-4-2-3-5-8/h6,9H,2-5H2,1H3/p+1. The van der Waals surface area contributed by atoms with Crippen molar-refractivity contribution in [2.24, 2.45) is 0 Å². The summed E-state index contributed by atoms with van der Waals surface area (Å²) in [6, 6.07) is 0. The van der Waals surface area contributed by atoms with Crippen molar-refractivity contribution in [2.75, 3.05) is 20.2 Å². The Kier molecular flexibility index (Phi) is 2.84. The number of rotatable bonds is 2. The number of hydrogen-bond donors (Lipinski definition) is 2. The van der Waals surface area contributed by atoms with Crippen molar-refractivity contribution in [2.45, 2.75) is 19.1 Å². The molecule has 1 fully saturated rings. The van der Waals surface area contributed by atoms with Crippen molar-refractivity contribution in [3.05, 3.63) is 0 Å². The fourth-order valence-electron chi connectivity index (χ4n) is 1.38. The van der Waals surface area contributed by atoms with Crippen LogP contribution >= 0.6 is 0 Å². The number of aliphatic hydroxyl groups excluding tert-OH is 1. The Labute approximate surface area is 65.8 Å². The number of carbonyl (C=O) groups is 1. The summed E-state index contributed by atoms with van der Waals surface area (Å²) in [4.78, 5) is 11.7. The average molecular weight is 160 g/mol. The van der Waals surface area contributed by atoms with E-state index in [1.165, 1.54) is 7.11 Å². The van der Waals surface area contributed by atoms with Crippen LogP contribution in [-0.4, -0.2) is 37.5 Å². The molecule has 0 aliphatic carbocycles. The molecular weight excluding hydrogens is 146 g/mol. The molecule has 0 spiro atoms. The Balaban J connectivity index is 2.39. The largest absolute Gasteiger partial charge is 0.463 e. The van der Waals surface area contributed by atoms with E-state index < -0.39 is 12.2 Å². The molecule has 1 saturated heterocycles. The number of likely N-dealkylation sites (tertiary alicyclic amines) is 1. The molecule has 1 rings (SSSR count). The van der Waals surface area contributed by atoms with Crippen molar-refractivity contribution < 1.29 is 19.5 Å². The fourth-order valence-corrected chi connectivity index (χ4v) is 1.38. The van der Waals surface area contributed by atoms with Gasteiger partial charge in [0.05, 0.1) is 20.2 Å². The minimum Gasteiger partial charge on any atom is -0.463 e. The van der Waals surface area contributed by atoms with Crippen LogP contribution in [0.15, 0.2) is 0 Å². The van der Waals surface area contributed by atoms with E-state index in [-0.39, 0.29) is 0 Å². The highest BCUT2D eigenvalue weighted by atomic mass is 16.5. The number of esters is 1. The highest BCUT2D eigenvalue weighted by Gasteiger charge is 2.30. The van der Waals surface area contributed by atoms with E-state index in [0.29, 0.717) is 0 Å². The molecule has 0 amide bonds. The van der Waals surface area contributed by atoms with Gasteiger partial charge in [-0.1, -0.05) is 0 Å². The first-order valence-corrected chi connectivity index (χ1v) is 3.86. The number of nitrogens with one attached hydrogen (secondary N) is 1. The first-order valence-electron chi connectivity index (χ1n) is 3.86. The van der Waals surface area contributed by atoms with Gasteiger partial charge in [0.1, 0.15) is 0 Å². The summed E-state index contributed by atoms with van der Waals surface area (Å²) in [5.41, 5.74) is 0. The Morgan fingerprint density at radius 3 is 2.55 bits per heavy atom. The second kappa shape index (κ2) is 3.69. The van der Waals surface area contributed by atoms with Crippen molar-refractivity contribution in [3.8, 4) is 0 Å². The zero-order chi connectivity index (χ0) is 8.27. The molecule has 0 aromatic carbocycles. The second-order valence-electron chi connectivity index (χ2n) is 2.79. The van der Waals surface area contributed by atoms with E-state index in [4.69, 9.17) is 0 Å². The van der Waals surface area contributed by atoms with E-state index in [1.807, 2.05) is 0 Å². The van der Waals surface area contributed by atoms with Gasteiger partial charge in [0.2, 0.25) is 0 Å². The Hall–Kier alpha value is -0.610. The summed E-state index contributed by atoms with van der Waals surface area (Å²) in [5, 5.41) is 9.31. The van der Waals surface area contributed by atoms with Gasteiger partial charge in [0, 0.05) is 12.8 Å². The number of aliphatic hydroxyl groups is 1. The third-order valence-electron chi connectivity index (χ3n) is 2.06. The molecule has 4 heteroatoms. The van der Waals surface area contributed by atoms with Crippen LogP contribution in [0.1, 0.15) is 12.8 Å². The summed E-state index contributed by atoms with van der Waals surface area (Å²) in [6.07, 6.45) is 1.20. The van der Waals surface area contributed by atoms with Crippen LogP contribution in [0, 0.1) is 0 Å². The second-order valence-corrected chi connectivity index (χ2v) is 2.79. The minimum atomic E-state index is -0.970. The molecular formula is C7H14NO3+. The lowest BCUT2D eigenvalue weighted by atomic mass is 10.4. The Morgan fingerprint density at radius 2 is 2.09 bits per heavy atom. The van der Waals surface area contributed by atoms with Crippen molar-refractivity contribution in [3.63, 3.8) is 0 Å². The Bertz CT molecular complexity index is 143. The highest BCUT2D eigenvalue weighted by Crippen LogP contribution is 1.90. The maximum atomic E-state index is 10.8. The average Bonchev–Trinajstić information content (AvgIpc) is 2.53. The summed E-state index contributed by atoms with van der Waals surface area (Å²) in [6.45, 7) is 1.74. The number of carbonyl (C=O) groups excluding carboxylic acids is 1. The molecule has 4 nitrogen and oxygen atoms in total. The van der Waals surface area contributed by atoms with E-state index in [1.54, 1.807) is 0 Å². The number of methoxy groups -OCH3 is 1. The quantitative estimate of drug-likeness (QED) is 0.467. The van der Waals surface area contributed by atoms with Crippen LogP contribution in [-0.2, 0) is 9.53 Å². The summed E-state index contributed by atoms with van der Waals surface area (Å²) >= 11 is 0. The predicted molar refractivity (Wildman–Crippen MR) is 38.0 cm³/mol. The van der Waals surface area contributed by atoms with Gasteiger partial charge in [-0.15, -0.1) is 0 Å². The monoisotopic (exact) mass is 160 g/mol. The summed E-state index contributed by atoms with van der Waals surface area (Å²) < 4.78 is 4.41. The van der Waals surface area contributed by atoms with E-state index in [9.17, 15) is 9.90 Å². The molecule has 1 atom stereocenters. The summed E-state index contributed by atoms with van der Waals surface area (Å²) in [7, 11) is 1.29. The zero-order valence-corrected chi connectivity index (χ0v) is 6.67. The normalized spacial score (nSPS) is 21.6. The highest BCUT2D eigenvalue weighted by molar-refractivity contribution is 5.72. The van der Waals surface area contributed by atoms with Crippen LogP contribution in [0.25, 0.3) is 0 Å². The van der Waals surface area contributed by atoms with Gasteiger partial charge in [-0.3, -0.25) is 0 Å². The molecule has 2 N–H and O–H groups in total. The lowest BCUT2D eigenvalue weighted by molar-refractivity contribution is -0.926. The molecule has 1 aliphatic heterocycles. The summed E-state index contributed by atoms with van der Waals surface area (Å²) in [5.74, 6) is -0.526. The van der Waals surface area contributed by atoms with Crippen LogP contribution in [0.5, 0.6) is 0 Å². The lowest BCUT2D eigenvalue weighted by Gasteiger charge is -2.16. The maximum Gasteiger partial charge on any atom is 0.394 e. The molecule has 1 aliphatic rings. The molecule has 1 heterocycles. The number of ether oxygens (including phenoxy) is 1. The fraction of sp³-hybridized carbons (Fsp3) is 0.857. The van der Waals surface area contributed by atoms with Crippen LogP contribution in [0.3, 0.4) is 0 Å². The van der Waals surface area contributed by atoms with Crippen molar-refractivity contribution >= 4 is 5.97 Å². The van der Waals surface area contributed by atoms with Gasteiger partial charge in [-0.25, -0.2) is 4.79 Å². The SMILES string of the molecule is COC(=O)C(O)[NH+]1CCCC1. The maximum absolute atomic E-state index is 10.8. The van der Waals surface area contributed by atoms with Gasteiger partial charge < -0.3 is 14.7 Å². The minimum absolute atomic E-state index is 0.526. The van der Waals surface area contributed by atoms with E-state index in [2.05, 4.69) is 4.74 Å². The predicted octanol–water partition coefficient (Wildman–Crippen LogP) is -1.84. The molecule has 0 saturated carbocycles. The molecule has 11 heavy (non-hydrogen) atoms. The van der Waals surface area contributed by atoms with E-state index in [0.717, 1.165) is 30.8 Å². The van der Waals surface area contributed by atoms with Gasteiger partial charge in [-0.05, 0) is 0 Å². The molecule has 64 valence electrons. The molecule has 0 aromatic rings. The zero-order valence-electron chi connectivity index (χ0n) is 6.67. The first-order chi connectivity index (χ1) is 5.25. The number of hydrogen-bond acceptors (Lipinski definition) is 3. The third kappa shape index (κ3) is 1.91. The topological polar surface area (TPSA) is 51.0 Å². The molecule has 0 radical (unpaired) electrons. The third-order valence-corrected chi connectivity index (χ3v) is 2.06. The van der Waals surface area contributed by atoms with Crippen molar-refractivity contribution in [1.29, 1.82) is 0 Å². The van der Waals surface area contributed by atoms with Crippen molar-refractivity contribution in [1.82, 2.24) is 0 Å². The Morgan fingerprint density at radius 1 is 1.55 bits per heavy atom. The van der Waals surface area contributed by atoms with Gasteiger partial charge in [0.15, 0.2) is 0 Å². The van der Waals surface area contributed by atoms with Crippen LogP contribution in [0.4, 0.5) is 0 Å². The molecule has 1 unspecified atom stereocenters. The van der Waals surface area contributed by atoms with Crippen LogP contribution < -0.4 is 4.90 Å². The molecule has 0 aromatic heterocycles. The first kappa shape index (κ1) is 8.49. The molecule has 0 bridgehead atoms. The van der Waals surface area contributed by atoms with Gasteiger partial charge in [0.25, 0.3) is 6.23 Å². The number of quaternary nitrogens is 1. The van der Waals surface area contributed by atoms with Crippen LogP contribution in [0.2, 0.25) is 0 Å². The lowest BCUT2D eigenvalue weighted by Crippen LogP contribution is -3.15.